The van der Waals surface area contributed by atoms with Crippen LogP contribution in [0.2, 0.25) is 0 Å². The molecule has 1 N–H and O–H groups in total. The summed E-state index contributed by atoms with van der Waals surface area (Å²) in [6.07, 6.45) is 4.05. The summed E-state index contributed by atoms with van der Waals surface area (Å²) in [6.45, 7) is 2.34. The Morgan fingerprint density at radius 2 is 2.05 bits per heavy atom. The zero-order chi connectivity index (χ0) is 14.6. The van der Waals surface area contributed by atoms with Crippen LogP contribution in [0.4, 0.5) is 0 Å². The molecule has 0 aliphatic carbocycles. The molecule has 1 aliphatic rings. The molecule has 0 saturated carbocycles. The van der Waals surface area contributed by atoms with E-state index in [1.54, 1.807) is 11.8 Å². The highest BCUT2D eigenvalue weighted by molar-refractivity contribution is 7.97. The highest BCUT2D eigenvalue weighted by Crippen LogP contribution is 2.03. The van der Waals surface area contributed by atoms with Gasteiger partial charge in [-0.15, -0.1) is 0 Å². The molecule has 1 atom stereocenters. The molecule has 1 heterocycles. The first-order chi connectivity index (χ1) is 9.76. The zero-order valence-electron chi connectivity index (χ0n) is 12.1. The van der Waals surface area contributed by atoms with E-state index in [0.29, 0.717) is 26.3 Å². The number of hydrogen-bond donors (Lipinski definition) is 1. The van der Waals surface area contributed by atoms with Crippen molar-refractivity contribution in [3.8, 4) is 0 Å². The predicted octanol–water partition coefficient (Wildman–Crippen LogP) is 1.74. The van der Waals surface area contributed by atoms with Crippen LogP contribution in [0.5, 0.6) is 0 Å². The predicted molar refractivity (Wildman–Crippen MR) is 83.2 cm³/mol. The van der Waals surface area contributed by atoms with Gasteiger partial charge < -0.3 is 14.8 Å². The zero-order valence-corrected chi connectivity index (χ0v) is 12.9. The summed E-state index contributed by atoms with van der Waals surface area (Å²) in [6, 6.07) is 10.0. The molecule has 1 aliphatic heterocycles. The van der Waals surface area contributed by atoms with Crippen molar-refractivity contribution in [1.82, 2.24) is 5.32 Å². The van der Waals surface area contributed by atoms with Gasteiger partial charge in [-0.2, -0.15) is 11.8 Å². The third kappa shape index (κ3) is 7.65. The number of ether oxygens (including phenoxy) is 2. The Labute approximate surface area is 125 Å². The van der Waals surface area contributed by atoms with Gasteiger partial charge >= 0.3 is 0 Å². The standard InChI is InChI=1S/C13H17NO3.C2H6S/c15-12-6-14-7-13(17-9-12)10-16-8-11-4-2-1-3-5-11;1-3-2/h1-5,13-14H,6-10H2;1-2H3/t13-;/m0./s1. The van der Waals surface area contributed by atoms with Gasteiger partial charge in [0.25, 0.3) is 0 Å². The molecule has 1 saturated heterocycles. The van der Waals surface area contributed by atoms with Gasteiger partial charge in [0.15, 0.2) is 5.78 Å². The van der Waals surface area contributed by atoms with E-state index in [-0.39, 0.29) is 18.5 Å². The third-order valence-electron chi connectivity index (χ3n) is 2.59. The first-order valence-electron chi connectivity index (χ1n) is 6.62. The molecule has 0 radical (unpaired) electrons. The van der Waals surface area contributed by atoms with E-state index in [1.165, 1.54) is 0 Å². The van der Waals surface area contributed by atoms with Gasteiger partial charge in [0, 0.05) is 6.54 Å². The molecule has 0 spiro atoms. The Morgan fingerprint density at radius 3 is 2.75 bits per heavy atom. The van der Waals surface area contributed by atoms with Crippen molar-refractivity contribution in [3.05, 3.63) is 35.9 Å². The minimum Gasteiger partial charge on any atom is -0.374 e. The lowest BCUT2D eigenvalue weighted by Crippen LogP contribution is -2.30. The first kappa shape index (κ1) is 17.2. The van der Waals surface area contributed by atoms with Crippen LogP contribution in [-0.4, -0.2) is 50.7 Å². The van der Waals surface area contributed by atoms with Crippen LogP contribution in [-0.2, 0) is 20.9 Å². The molecule has 1 aromatic rings. The van der Waals surface area contributed by atoms with Crippen LogP contribution in [0.1, 0.15) is 5.56 Å². The maximum absolute atomic E-state index is 11.1. The number of rotatable bonds is 4. The Morgan fingerprint density at radius 1 is 1.35 bits per heavy atom. The third-order valence-corrected chi connectivity index (χ3v) is 2.59. The fourth-order valence-corrected chi connectivity index (χ4v) is 1.68. The quantitative estimate of drug-likeness (QED) is 0.917. The van der Waals surface area contributed by atoms with Gasteiger partial charge in [0.2, 0.25) is 0 Å². The molecule has 20 heavy (non-hydrogen) atoms. The molecule has 4 nitrogen and oxygen atoms in total. The SMILES string of the molecule is CSC.O=C1CNC[C@@H](COCc2ccccc2)OC1. The molecule has 0 unspecified atom stereocenters. The monoisotopic (exact) mass is 297 g/mol. The molecule has 0 amide bonds. The smallest absolute Gasteiger partial charge is 0.172 e. The molecule has 0 bridgehead atoms. The lowest BCUT2D eigenvalue weighted by Gasteiger charge is -2.14. The van der Waals surface area contributed by atoms with Gasteiger partial charge in [0.05, 0.1) is 25.9 Å². The average molecular weight is 297 g/mol. The Kier molecular flexibility index (Phi) is 9.32. The summed E-state index contributed by atoms with van der Waals surface area (Å²) in [5.74, 6) is 0.0931. The number of carbonyl (C=O) groups is 1. The lowest BCUT2D eigenvalue weighted by atomic mass is 10.2. The van der Waals surface area contributed by atoms with Crippen molar-refractivity contribution in [2.24, 2.45) is 0 Å². The number of carbonyl (C=O) groups excluding carboxylic acids is 1. The molecular formula is C15H23NO3S. The summed E-state index contributed by atoms with van der Waals surface area (Å²) in [4.78, 5) is 11.1. The Balaban J connectivity index is 0.000000612. The topological polar surface area (TPSA) is 47.6 Å². The minimum absolute atomic E-state index is 0.0369. The van der Waals surface area contributed by atoms with Gasteiger partial charge in [-0.1, -0.05) is 30.3 Å². The molecule has 1 aromatic carbocycles. The van der Waals surface area contributed by atoms with E-state index in [9.17, 15) is 4.79 Å². The second-order valence-corrected chi connectivity index (χ2v) is 5.33. The van der Waals surface area contributed by atoms with Crippen LogP contribution >= 0.6 is 11.8 Å². The van der Waals surface area contributed by atoms with E-state index >= 15 is 0 Å². The van der Waals surface area contributed by atoms with E-state index < -0.39 is 0 Å². The maximum atomic E-state index is 11.1. The minimum atomic E-state index is -0.0369. The molecule has 112 valence electrons. The second kappa shape index (κ2) is 10.9. The fraction of sp³-hybridized carbons (Fsp3) is 0.533. The van der Waals surface area contributed by atoms with Gasteiger partial charge in [0.1, 0.15) is 6.61 Å². The number of nitrogens with one attached hydrogen (secondary N) is 1. The summed E-state index contributed by atoms with van der Waals surface area (Å²) >= 11 is 1.75. The largest absolute Gasteiger partial charge is 0.374 e. The summed E-state index contributed by atoms with van der Waals surface area (Å²) in [7, 11) is 0. The molecule has 2 rings (SSSR count). The fourth-order valence-electron chi connectivity index (χ4n) is 1.68. The van der Waals surface area contributed by atoms with Gasteiger partial charge in [-0.25, -0.2) is 0 Å². The van der Waals surface area contributed by atoms with E-state index in [2.05, 4.69) is 5.32 Å². The van der Waals surface area contributed by atoms with Crippen LogP contribution < -0.4 is 5.32 Å². The summed E-state index contributed by atoms with van der Waals surface area (Å²) in [5, 5.41) is 3.04. The van der Waals surface area contributed by atoms with Gasteiger partial charge in [-0.05, 0) is 18.1 Å². The highest BCUT2D eigenvalue weighted by atomic mass is 32.2. The average Bonchev–Trinajstić information content (AvgIpc) is 2.66. The number of benzene rings is 1. The van der Waals surface area contributed by atoms with E-state index in [1.807, 2.05) is 42.8 Å². The normalized spacial score (nSPS) is 18.9. The second-order valence-electron chi connectivity index (χ2n) is 4.51. The Bertz CT molecular complexity index is 373. The van der Waals surface area contributed by atoms with Crippen LogP contribution in [0.25, 0.3) is 0 Å². The number of Topliss-reactive ketones (excluding diaryl/α,β-unsaturated/α-hetero) is 1. The number of thioether (sulfide) groups is 1. The summed E-state index contributed by atoms with van der Waals surface area (Å²) < 4.78 is 11.0. The number of ketones is 1. The van der Waals surface area contributed by atoms with E-state index in [0.717, 1.165) is 5.56 Å². The van der Waals surface area contributed by atoms with Crippen LogP contribution in [0, 0.1) is 0 Å². The molecule has 1 fully saturated rings. The van der Waals surface area contributed by atoms with Crippen molar-refractivity contribution in [1.29, 1.82) is 0 Å². The van der Waals surface area contributed by atoms with Crippen molar-refractivity contribution in [2.75, 3.05) is 38.8 Å². The van der Waals surface area contributed by atoms with Crippen molar-refractivity contribution >= 4 is 17.5 Å². The van der Waals surface area contributed by atoms with E-state index in [4.69, 9.17) is 9.47 Å². The molecule has 5 heteroatoms. The summed E-state index contributed by atoms with van der Waals surface area (Å²) in [5.41, 5.74) is 1.14. The highest BCUT2D eigenvalue weighted by Gasteiger charge is 2.16. The van der Waals surface area contributed by atoms with Gasteiger partial charge in [-0.3, -0.25) is 4.79 Å². The molecular weight excluding hydrogens is 274 g/mol. The van der Waals surface area contributed by atoms with Crippen LogP contribution in [0.3, 0.4) is 0 Å². The maximum Gasteiger partial charge on any atom is 0.172 e. The number of hydrogen-bond acceptors (Lipinski definition) is 5. The van der Waals surface area contributed by atoms with Crippen LogP contribution in [0.15, 0.2) is 30.3 Å². The van der Waals surface area contributed by atoms with Crippen molar-refractivity contribution < 1.29 is 14.3 Å². The Hall–Kier alpha value is -0.880. The first-order valence-corrected chi connectivity index (χ1v) is 8.25. The van der Waals surface area contributed by atoms with Crippen molar-refractivity contribution in [2.45, 2.75) is 12.7 Å². The molecule has 0 aromatic heterocycles. The van der Waals surface area contributed by atoms with Crippen molar-refractivity contribution in [3.63, 3.8) is 0 Å². The lowest BCUT2D eigenvalue weighted by molar-refractivity contribution is -0.123.